The highest BCUT2D eigenvalue weighted by molar-refractivity contribution is 6.05. The molecule has 1 aromatic carbocycles. The number of carbonyl (C=O) groups is 3. The summed E-state index contributed by atoms with van der Waals surface area (Å²) in [5.74, 6) is -1.17. The van der Waals surface area contributed by atoms with Crippen molar-refractivity contribution >= 4 is 40.6 Å². The molecule has 2 aliphatic rings. The molecule has 3 heterocycles. The second-order valence-corrected chi connectivity index (χ2v) is 11.6. The van der Waals surface area contributed by atoms with Crippen LogP contribution in [0.2, 0.25) is 0 Å². The number of nitrogens with zero attached hydrogens (tertiary/aromatic N) is 4. The summed E-state index contributed by atoms with van der Waals surface area (Å²) in [6.07, 6.45) is 11.8. The molecule has 0 saturated heterocycles. The Balaban J connectivity index is 1.26. The summed E-state index contributed by atoms with van der Waals surface area (Å²) < 4.78 is 7.65. The molecule has 11 heteroatoms. The van der Waals surface area contributed by atoms with Gasteiger partial charge in [0.15, 0.2) is 5.82 Å². The molecule has 0 atom stereocenters. The molecule has 0 spiro atoms. The molecule has 45 heavy (non-hydrogen) atoms. The number of pyridine rings is 1. The minimum absolute atomic E-state index is 0.0948. The molecule has 11 nitrogen and oxygen atoms in total. The van der Waals surface area contributed by atoms with Crippen molar-refractivity contribution in [2.75, 3.05) is 11.9 Å². The van der Waals surface area contributed by atoms with Gasteiger partial charge < -0.3 is 25.0 Å². The molecule has 0 radical (unpaired) electrons. The maximum absolute atomic E-state index is 13.7. The maximum atomic E-state index is 13.7. The van der Waals surface area contributed by atoms with Crippen LogP contribution in [-0.2, 0) is 16.6 Å². The van der Waals surface area contributed by atoms with Crippen LogP contribution in [0.3, 0.4) is 0 Å². The van der Waals surface area contributed by atoms with E-state index in [0.717, 1.165) is 47.6 Å². The number of aliphatic carboxylic acids is 1. The zero-order valence-electron chi connectivity index (χ0n) is 25.4. The van der Waals surface area contributed by atoms with E-state index in [1.807, 2.05) is 49.6 Å². The summed E-state index contributed by atoms with van der Waals surface area (Å²) in [5.41, 5.74) is 3.85. The van der Waals surface area contributed by atoms with E-state index in [2.05, 4.69) is 30.2 Å². The van der Waals surface area contributed by atoms with E-state index in [9.17, 15) is 14.4 Å². The summed E-state index contributed by atoms with van der Waals surface area (Å²) in [5, 5.41) is 15.9. The van der Waals surface area contributed by atoms with Crippen molar-refractivity contribution in [2.24, 2.45) is 7.05 Å². The molecule has 2 amide bonds. The molecular formula is C34H36N6O5. The molecule has 4 aromatic rings. The highest BCUT2D eigenvalue weighted by atomic mass is 16.5. The average Bonchev–Trinajstić information content (AvgIpc) is 3.65. The van der Waals surface area contributed by atoms with Gasteiger partial charge in [0.25, 0.3) is 11.8 Å². The van der Waals surface area contributed by atoms with Gasteiger partial charge in [0, 0.05) is 35.8 Å². The van der Waals surface area contributed by atoms with Crippen LogP contribution >= 0.6 is 0 Å². The smallest absolute Gasteiger partial charge is 0.328 e. The number of fused-ring (bicyclic) bond motifs is 1. The summed E-state index contributed by atoms with van der Waals surface area (Å²) in [6.45, 7) is 2.04. The number of hydrogen-bond donors (Lipinski definition) is 3. The van der Waals surface area contributed by atoms with E-state index in [1.54, 1.807) is 6.92 Å². The van der Waals surface area contributed by atoms with E-state index in [-0.39, 0.29) is 29.9 Å². The SMILES string of the molecule is CCOc1nc(NC(=O)C2(NC(=O)c3ccc4c(C5CCCC5)c(-c5ccccn5)n(C)c4c3)CCC2)cnc1/C=C/C(=O)O. The van der Waals surface area contributed by atoms with Crippen molar-refractivity contribution in [1.82, 2.24) is 24.8 Å². The number of nitrogens with one attached hydrogen (secondary N) is 2. The summed E-state index contributed by atoms with van der Waals surface area (Å²) in [6, 6.07) is 11.7. The van der Waals surface area contributed by atoms with Gasteiger partial charge in [-0.1, -0.05) is 25.0 Å². The van der Waals surface area contributed by atoms with E-state index in [0.29, 0.717) is 24.3 Å². The number of hydrogen-bond acceptors (Lipinski definition) is 7. The van der Waals surface area contributed by atoms with Gasteiger partial charge in [-0.05, 0) is 80.9 Å². The maximum Gasteiger partial charge on any atom is 0.328 e. The number of aromatic nitrogens is 4. The topological polar surface area (TPSA) is 148 Å². The number of anilines is 1. The Labute approximate surface area is 260 Å². The molecule has 2 aliphatic carbocycles. The average molecular weight is 609 g/mol. The van der Waals surface area contributed by atoms with E-state index < -0.39 is 17.4 Å². The predicted molar refractivity (Wildman–Crippen MR) is 170 cm³/mol. The third-order valence-electron chi connectivity index (χ3n) is 8.84. The summed E-state index contributed by atoms with van der Waals surface area (Å²) in [7, 11) is 2.02. The van der Waals surface area contributed by atoms with Crippen LogP contribution in [0.15, 0.2) is 54.9 Å². The van der Waals surface area contributed by atoms with Gasteiger partial charge in [-0.15, -0.1) is 0 Å². The van der Waals surface area contributed by atoms with E-state index in [1.165, 1.54) is 30.7 Å². The monoisotopic (exact) mass is 608 g/mol. The molecular weight excluding hydrogens is 572 g/mol. The minimum atomic E-state index is -1.13. The lowest BCUT2D eigenvalue weighted by molar-refractivity contribution is -0.131. The van der Waals surface area contributed by atoms with Gasteiger partial charge in [0.05, 0.1) is 24.2 Å². The standard InChI is InChI=1S/C34H36N6O5/c1-3-45-32-25(14-15-28(41)42)36-20-27(37-32)38-33(44)34(16-8-17-34)39-31(43)22-12-13-23-26(19-22)40(2)30(24-11-6-7-18-35-24)29(23)21-9-4-5-10-21/h6-7,11-15,18-21H,3-5,8-10,16-17H2,1-2H3,(H,39,43)(H,41,42)(H,37,38,44)/b15-14+. The Morgan fingerprint density at radius 3 is 2.58 bits per heavy atom. The lowest BCUT2D eigenvalue weighted by atomic mass is 9.75. The van der Waals surface area contributed by atoms with Crippen molar-refractivity contribution < 1.29 is 24.2 Å². The van der Waals surface area contributed by atoms with E-state index in [4.69, 9.17) is 9.84 Å². The number of rotatable bonds is 10. The lowest BCUT2D eigenvalue weighted by Crippen LogP contribution is -2.61. The Bertz CT molecular complexity index is 1790. The Morgan fingerprint density at radius 2 is 1.91 bits per heavy atom. The van der Waals surface area contributed by atoms with Gasteiger partial charge in [-0.25, -0.2) is 9.78 Å². The number of benzene rings is 1. The number of amides is 2. The summed E-state index contributed by atoms with van der Waals surface area (Å²) >= 11 is 0. The highest BCUT2D eigenvalue weighted by Crippen LogP contribution is 2.44. The van der Waals surface area contributed by atoms with E-state index >= 15 is 0 Å². The fraction of sp³-hybridized carbons (Fsp3) is 0.353. The Kier molecular flexibility index (Phi) is 8.34. The first-order chi connectivity index (χ1) is 21.8. The molecule has 0 aliphatic heterocycles. The van der Waals surface area contributed by atoms with Crippen LogP contribution in [0.5, 0.6) is 5.88 Å². The van der Waals surface area contributed by atoms with Crippen LogP contribution in [0.1, 0.15) is 79.4 Å². The molecule has 3 N–H and O–H groups in total. The van der Waals surface area contributed by atoms with Gasteiger partial charge in [-0.3, -0.25) is 14.6 Å². The predicted octanol–water partition coefficient (Wildman–Crippen LogP) is 5.48. The second-order valence-electron chi connectivity index (χ2n) is 11.6. The third-order valence-corrected chi connectivity index (χ3v) is 8.84. The zero-order valence-corrected chi connectivity index (χ0v) is 25.4. The first-order valence-electron chi connectivity index (χ1n) is 15.4. The quantitative estimate of drug-likeness (QED) is 0.201. The third kappa shape index (κ3) is 5.90. The van der Waals surface area contributed by atoms with Crippen LogP contribution in [0.4, 0.5) is 5.82 Å². The van der Waals surface area contributed by atoms with Crippen molar-refractivity contribution in [3.63, 3.8) is 0 Å². The molecule has 0 unspecified atom stereocenters. The van der Waals surface area contributed by atoms with Crippen molar-refractivity contribution in [2.45, 2.75) is 63.3 Å². The molecule has 6 rings (SSSR count). The fourth-order valence-corrected chi connectivity index (χ4v) is 6.46. The van der Waals surface area contributed by atoms with Crippen molar-refractivity contribution in [1.29, 1.82) is 0 Å². The fourth-order valence-electron chi connectivity index (χ4n) is 6.46. The Hall–Kier alpha value is -5.06. The van der Waals surface area contributed by atoms with Gasteiger partial charge in [0.2, 0.25) is 5.88 Å². The Morgan fingerprint density at radius 1 is 1.11 bits per heavy atom. The second kappa shape index (κ2) is 12.5. The normalized spacial score (nSPS) is 16.0. The lowest BCUT2D eigenvalue weighted by Gasteiger charge is -2.40. The molecule has 3 aromatic heterocycles. The molecule has 0 bridgehead atoms. The van der Waals surface area contributed by atoms with Crippen LogP contribution in [0, 0.1) is 0 Å². The van der Waals surface area contributed by atoms with Crippen LogP contribution in [-0.4, -0.2) is 54.6 Å². The number of ether oxygens (including phenoxy) is 1. The zero-order chi connectivity index (χ0) is 31.6. The van der Waals surface area contributed by atoms with Gasteiger partial charge in [-0.2, -0.15) is 4.98 Å². The summed E-state index contributed by atoms with van der Waals surface area (Å²) in [4.78, 5) is 51.3. The number of carboxylic acids is 1. The first-order valence-corrected chi connectivity index (χ1v) is 15.4. The minimum Gasteiger partial charge on any atom is -0.478 e. The number of aryl methyl sites for hydroxylation is 1. The molecule has 232 valence electrons. The van der Waals surface area contributed by atoms with Crippen molar-refractivity contribution in [3.8, 4) is 17.3 Å². The highest BCUT2D eigenvalue weighted by Gasteiger charge is 2.46. The van der Waals surface area contributed by atoms with Crippen LogP contribution in [0.25, 0.3) is 28.4 Å². The van der Waals surface area contributed by atoms with Gasteiger partial charge in [0.1, 0.15) is 11.2 Å². The number of carboxylic acid groups (broad SMARTS) is 1. The largest absolute Gasteiger partial charge is 0.478 e. The first kappa shape index (κ1) is 30.0. The molecule has 2 fully saturated rings. The molecule has 2 saturated carbocycles. The van der Waals surface area contributed by atoms with Gasteiger partial charge >= 0.3 is 5.97 Å². The van der Waals surface area contributed by atoms with Crippen LogP contribution < -0.4 is 15.4 Å². The van der Waals surface area contributed by atoms with Crippen molar-refractivity contribution in [3.05, 3.63) is 71.7 Å². The number of carbonyl (C=O) groups excluding carboxylic acids is 2.